The number of aromatic nitrogens is 2. The van der Waals surface area contributed by atoms with Gasteiger partial charge in [0.25, 0.3) is 11.1 Å². The number of H-pyrrole nitrogens is 2. The minimum Gasteiger partial charge on any atom is -0.497 e. The topological polar surface area (TPSA) is 93.4 Å². The fourth-order valence-corrected chi connectivity index (χ4v) is 2.66. The van der Waals surface area contributed by atoms with Gasteiger partial charge in [0.15, 0.2) is 0 Å². The smallest absolute Gasteiger partial charge is 0.272 e. The second kappa shape index (κ2) is 8.30. The first-order chi connectivity index (χ1) is 13.5. The monoisotopic (exact) mass is 380 g/mol. The van der Waals surface area contributed by atoms with E-state index in [1.54, 1.807) is 68.8 Å². The zero-order valence-corrected chi connectivity index (χ0v) is 15.7. The van der Waals surface area contributed by atoms with Crippen LogP contribution in [0.25, 0.3) is 12.2 Å². The summed E-state index contributed by atoms with van der Waals surface area (Å²) >= 11 is 0. The molecule has 0 aliphatic rings. The van der Waals surface area contributed by atoms with Crippen LogP contribution >= 0.6 is 0 Å². The minimum absolute atomic E-state index is 0.125. The fourth-order valence-electron chi connectivity index (χ4n) is 2.66. The highest BCUT2D eigenvalue weighted by atomic mass is 16.5. The summed E-state index contributed by atoms with van der Waals surface area (Å²) in [5, 5.41) is 0.286. The Morgan fingerprint density at radius 2 is 1.29 bits per heavy atom. The molecule has 1 aromatic heterocycles. The van der Waals surface area contributed by atoms with Crippen molar-refractivity contribution in [3.05, 3.63) is 85.0 Å². The molecule has 7 nitrogen and oxygen atoms in total. The predicted octanol–water partition coefficient (Wildman–Crippen LogP) is 0.747. The van der Waals surface area contributed by atoms with Gasteiger partial charge in [0, 0.05) is 11.6 Å². The molecule has 7 heteroatoms. The predicted molar refractivity (Wildman–Crippen MR) is 107 cm³/mol. The molecular formula is C21H20N2O5. The molecule has 0 fully saturated rings. The van der Waals surface area contributed by atoms with Crippen LogP contribution in [0, 0.1) is 0 Å². The van der Waals surface area contributed by atoms with Crippen molar-refractivity contribution in [3.63, 3.8) is 0 Å². The highest BCUT2D eigenvalue weighted by Gasteiger charge is 2.04. The Bertz CT molecular complexity index is 1210. The van der Waals surface area contributed by atoms with Crippen molar-refractivity contribution in [1.82, 2.24) is 9.97 Å². The molecule has 0 atom stereocenters. The van der Waals surface area contributed by atoms with Crippen LogP contribution in [-0.2, 0) is 0 Å². The van der Waals surface area contributed by atoms with Gasteiger partial charge in [0.05, 0.1) is 21.3 Å². The van der Waals surface area contributed by atoms with E-state index in [4.69, 9.17) is 14.2 Å². The summed E-state index contributed by atoms with van der Waals surface area (Å²) in [6.45, 7) is 0. The number of aromatic amines is 2. The maximum absolute atomic E-state index is 12.4. The molecule has 28 heavy (non-hydrogen) atoms. The molecule has 2 N–H and O–H groups in total. The van der Waals surface area contributed by atoms with Gasteiger partial charge in [-0.2, -0.15) is 0 Å². The van der Waals surface area contributed by atoms with Gasteiger partial charge in [0.1, 0.15) is 27.9 Å². The summed E-state index contributed by atoms with van der Waals surface area (Å²) < 4.78 is 15.6. The Labute approximate surface area is 160 Å². The quantitative estimate of drug-likeness (QED) is 0.681. The molecule has 0 aliphatic carbocycles. The largest absolute Gasteiger partial charge is 0.497 e. The summed E-state index contributed by atoms with van der Waals surface area (Å²) in [6, 6.07) is 12.3. The van der Waals surface area contributed by atoms with Crippen molar-refractivity contribution in [1.29, 1.82) is 0 Å². The Kier molecular flexibility index (Phi) is 5.64. The lowest BCUT2D eigenvalue weighted by Crippen LogP contribution is -2.46. The summed E-state index contributed by atoms with van der Waals surface area (Å²) in [4.78, 5) is 30.1. The third-order valence-corrected chi connectivity index (χ3v) is 4.15. The van der Waals surface area contributed by atoms with Crippen LogP contribution < -0.4 is 36.0 Å². The molecule has 0 bridgehead atoms. The van der Waals surface area contributed by atoms with E-state index in [1.807, 2.05) is 0 Å². The van der Waals surface area contributed by atoms with E-state index in [9.17, 15) is 9.59 Å². The highest BCUT2D eigenvalue weighted by Crippen LogP contribution is 2.24. The van der Waals surface area contributed by atoms with Gasteiger partial charge in [-0.25, -0.2) is 0 Å². The van der Waals surface area contributed by atoms with Crippen LogP contribution in [0.2, 0.25) is 0 Å². The van der Waals surface area contributed by atoms with Crippen molar-refractivity contribution < 1.29 is 14.2 Å². The lowest BCUT2D eigenvalue weighted by Gasteiger charge is -2.07. The zero-order chi connectivity index (χ0) is 20.1. The number of rotatable bonds is 5. The average molecular weight is 380 g/mol. The van der Waals surface area contributed by atoms with Crippen molar-refractivity contribution in [2.75, 3.05) is 21.3 Å². The first-order valence-electron chi connectivity index (χ1n) is 8.46. The van der Waals surface area contributed by atoms with Gasteiger partial charge in [-0.15, -0.1) is 0 Å². The Morgan fingerprint density at radius 3 is 1.86 bits per heavy atom. The number of hydrogen-bond donors (Lipinski definition) is 2. The van der Waals surface area contributed by atoms with Gasteiger partial charge >= 0.3 is 0 Å². The molecule has 0 saturated carbocycles. The third kappa shape index (κ3) is 4.15. The minimum atomic E-state index is -0.419. The molecule has 3 aromatic rings. The fraction of sp³-hybridized carbons (Fsp3) is 0.143. The van der Waals surface area contributed by atoms with Gasteiger partial charge in [-0.1, -0.05) is 12.1 Å². The molecule has 0 aliphatic heterocycles. The van der Waals surface area contributed by atoms with E-state index >= 15 is 0 Å². The Morgan fingerprint density at radius 1 is 0.714 bits per heavy atom. The molecule has 0 spiro atoms. The van der Waals surface area contributed by atoms with E-state index in [2.05, 4.69) is 9.97 Å². The van der Waals surface area contributed by atoms with Crippen LogP contribution in [0.1, 0.15) is 11.1 Å². The third-order valence-electron chi connectivity index (χ3n) is 4.15. The van der Waals surface area contributed by atoms with E-state index in [0.29, 0.717) is 22.8 Å². The highest BCUT2D eigenvalue weighted by molar-refractivity contribution is 5.58. The Hall–Kier alpha value is -3.74. The van der Waals surface area contributed by atoms with E-state index in [-0.39, 0.29) is 10.7 Å². The van der Waals surface area contributed by atoms with Crippen LogP contribution in [0.3, 0.4) is 0 Å². The average Bonchev–Trinajstić information content (AvgIpc) is 2.72. The van der Waals surface area contributed by atoms with Gasteiger partial charge in [0.2, 0.25) is 0 Å². The normalized spacial score (nSPS) is 12.1. The molecule has 1 heterocycles. The maximum atomic E-state index is 12.4. The van der Waals surface area contributed by atoms with E-state index < -0.39 is 11.1 Å². The molecule has 0 amide bonds. The van der Waals surface area contributed by atoms with Gasteiger partial charge in [-0.05, 0) is 42.0 Å². The lowest BCUT2D eigenvalue weighted by molar-refractivity contribution is 0.393. The summed E-state index contributed by atoms with van der Waals surface area (Å²) in [6.07, 6.45) is 3.15. The van der Waals surface area contributed by atoms with Crippen molar-refractivity contribution in [2.24, 2.45) is 0 Å². The molecule has 0 unspecified atom stereocenters. The molecule has 3 rings (SSSR count). The second-order valence-corrected chi connectivity index (χ2v) is 5.91. The van der Waals surface area contributed by atoms with E-state index in [1.165, 1.54) is 7.11 Å². The van der Waals surface area contributed by atoms with Crippen LogP contribution in [-0.4, -0.2) is 31.3 Å². The standard InChI is InChI=1S/C21H20N2O5/c1-26-15-7-4-13(5-8-15)10-17-20(24)23-18(21(25)22-17)11-14-6-9-16(27-2)12-19(14)28-3/h4-12H,1-3H3,(H,22,25)(H,23,24). The first kappa shape index (κ1) is 19.0. The van der Waals surface area contributed by atoms with Gasteiger partial charge < -0.3 is 24.2 Å². The lowest BCUT2D eigenvalue weighted by atomic mass is 10.1. The molecular weight excluding hydrogens is 360 g/mol. The molecule has 144 valence electrons. The number of ether oxygens (including phenoxy) is 3. The summed E-state index contributed by atoms with van der Waals surface area (Å²) in [7, 11) is 4.65. The SMILES string of the molecule is COc1ccc(C=c2[nH]c(=O)c(=Cc3ccc(OC)cc3OC)[nH]c2=O)cc1. The van der Waals surface area contributed by atoms with Crippen LogP contribution in [0.5, 0.6) is 17.2 Å². The number of nitrogens with one attached hydrogen (secondary N) is 2. The van der Waals surface area contributed by atoms with Crippen LogP contribution in [0.15, 0.2) is 52.1 Å². The number of benzene rings is 2. The van der Waals surface area contributed by atoms with Crippen molar-refractivity contribution in [2.45, 2.75) is 0 Å². The Balaban J connectivity index is 2.07. The molecule has 0 radical (unpaired) electrons. The summed E-state index contributed by atoms with van der Waals surface area (Å²) in [5.41, 5.74) is 0.568. The second-order valence-electron chi connectivity index (χ2n) is 5.91. The van der Waals surface area contributed by atoms with Gasteiger partial charge in [-0.3, -0.25) is 9.59 Å². The zero-order valence-electron chi connectivity index (χ0n) is 15.7. The van der Waals surface area contributed by atoms with Crippen LogP contribution in [0.4, 0.5) is 0 Å². The summed E-state index contributed by atoms with van der Waals surface area (Å²) in [5.74, 6) is 1.85. The molecule has 2 aromatic carbocycles. The maximum Gasteiger partial charge on any atom is 0.272 e. The number of methoxy groups -OCH3 is 3. The van der Waals surface area contributed by atoms with Crippen molar-refractivity contribution >= 4 is 12.2 Å². The first-order valence-corrected chi connectivity index (χ1v) is 8.46. The number of hydrogen-bond acceptors (Lipinski definition) is 5. The van der Waals surface area contributed by atoms with E-state index in [0.717, 1.165) is 5.56 Å². The molecule has 0 saturated heterocycles. The van der Waals surface area contributed by atoms with Crippen molar-refractivity contribution in [3.8, 4) is 17.2 Å².